The van der Waals surface area contributed by atoms with Gasteiger partial charge in [-0.05, 0) is 44.2 Å². The van der Waals surface area contributed by atoms with Crippen LogP contribution in [0.1, 0.15) is 41.9 Å². The average molecular weight is 562 g/mol. The predicted molar refractivity (Wildman–Crippen MR) is 129 cm³/mol. The van der Waals surface area contributed by atoms with Crippen molar-refractivity contribution in [1.82, 2.24) is 29.3 Å². The molecule has 5 heterocycles. The lowest BCUT2D eigenvalue weighted by Gasteiger charge is -2.27. The van der Waals surface area contributed by atoms with Gasteiger partial charge in [-0.3, -0.25) is 9.78 Å². The molecule has 0 aromatic carbocycles. The van der Waals surface area contributed by atoms with Crippen LogP contribution in [0.5, 0.6) is 0 Å². The highest BCUT2D eigenvalue weighted by Gasteiger charge is 2.60. The van der Waals surface area contributed by atoms with E-state index in [0.717, 1.165) is 0 Å². The van der Waals surface area contributed by atoms with Gasteiger partial charge in [0.05, 0.1) is 22.6 Å². The van der Waals surface area contributed by atoms with E-state index >= 15 is 0 Å². The van der Waals surface area contributed by atoms with Crippen molar-refractivity contribution >= 4 is 23.2 Å². The molecule has 1 unspecified atom stereocenters. The van der Waals surface area contributed by atoms with Crippen LogP contribution in [0.2, 0.25) is 0 Å². The summed E-state index contributed by atoms with van der Waals surface area (Å²) >= 11 is 0. The molecule has 4 aromatic rings. The van der Waals surface area contributed by atoms with E-state index in [2.05, 4.69) is 30.2 Å². The second kappa shape index (κ2) is 8.60. The van der Waals surface area contributed by atoms with E-state index in [1.54, 1.807) is 0 Å². The molecule has 1 fully saturated rings. The molecule has 1 amide bonds. The van der Waals surface area contributed by atoms with E-state index in [9.17, 15) is 31.1 Å². The topological polar surface area (TPSA) is 124 Å². The number of hydrogen-bond acceptors (Lipinski definition) is 7. The molecule has 15 heteroatoms. The lowest BCUT2D eigenvalue weighted by molar-refractivity contribution is -0.284. The first-order valence-electron chi connectivity index (χ1n) is 12.2. The smallest absolute Gasteiger partial charge is 0.383 e. The number of carbonyl (C=O) groups is 1. The molecule has 0 radical (unpaired) electrons. The molecule has 1 atom stereocenters. The molecule has 0 saturated heterocycles. The van der Waals surface area contributed by atoms with Crippen LogP contribution in [0, 0.1) is 18.7 Å². The number of fused-ring (bicyclic) bond motifs is 2. The lowest BCUT2D eigenvalue weighted by Crippen LogP contribution is -2.39. The number of amides is 1. The Morgan fingerprint density at radius 2 is 1.88 bits per heavy atom. The van der Waals surface area contributed by atoms with Crippen molar-refractivity contribution < 1.29 is 31.1 Å². The number of rotatable bonds is 6. The zero-order chi connectivity index (χ0) is 28.6. The first kappa shape index (κ1) is 26.0. The van der Waals surface area contributed by atoms with Gasteiger partial charge in [-0.1, -0.05) is 0 Å². The molecule has 2 aliphatic rings. The number of nitrogens with zero attached hydrogens (tertiary/aromatic N) is 6. The Kier molecular flexibility index (Phi) is 5.58. The van der Waals surface area contributed by atoms with E-state index in [-0.39, 0.29) is 51.7 Å². The Labute approximate surface area is 221 Å². The molecule has 40 heavy (non-hydrogen) atoms. The summed E-state index contributed by atoms with van der Waals surface area (Å²) in [5.74, 6) is -6.16. The van der Waals surface area contributed by atoms with E-state index in [4.69, 9.17) is 5.73 Å². The summed E-state index contributed by atoms with van der Waals surface area (Å²) in [7, 11) is 0. The molecule has 0 spiro atoms. The molecule has 4 aromatic heterocycles. The second-order valence-electron chi connectivity index (χ2n) is 9.89. The Morgan fingerprint density at radius 1 is 1.12 bits per heavy atom. The van der Waals surface area contributed by atoms with Crippen LogP contribution in [0.15, 0.2) is 30.7 Å². The van der Waals surface area contributed by atoms with Crippen LogP contribution in [0.3, 0.4) is 0 Å². The minimum Gasteiger partial charge on any atom is -0.383 e. The molecule has 3 N–H and O–H groups in total. The number of carbonyl (C=O) groups excluding carboxylic acids is 1. The summed E-state index contributed by atoms with van der Waals surface area (Å²) in [6.07, 6.45) is -2.38. The number of aryl methyl sites for hydroxylation is 2. The van der Waals surface area contributed by atoms with E-state index < -0.39 is 42.1 Å². The minimum absolute atomic E-state index is 0.0132. The van der Waals surface area contributed by atoms with Gasteiger partial charge >= 0.3 is 12.1 Å². The van der Waals surface area contributed by atoms with Gasteiger partial charge in [0.25, 0.3) is 0 Å². The number of imidazole rings is 1. The monoisotopic (exact) mass is 562 g/mol. The number of anilines is 2. The van der Waals surface area contributed by atoms with Crippen molar-refractivity contribution in [3.63, 3.8) is 0 Å². The molecule has 0 bridgehead atoms. The standard InChI is InChI=1S/C25H20F6N8O/c1-11-13(26)4-5-16(34-11)24(12-2-3-12)17-18(32)36-19(37-20(17)38-22(24)40)15-10-39-9-8-33-21(39)14(35-15)6-7-23(27,28)25(29,30)31/h4-5,8-10,12H,2-3,6-7H2,1H3,(H3,32,36,37,38,40). The zero-order valence-electron chi connectivity index (χ0n) is 20.7. The molecule has 9 nitrogen and oxygen atoms in total. The summed E-state index contributed by atoms with van der Waals surface area (Å²) in [4.78, 5) is 34.9. The fourth-order valence-electron chi connectivity index (χ4n) is 5.20. The van der Waals surface area contributed by atoms with Gasteiger partial charge in [0.15, 0.2) is 11.5 Å². The van der Waals surface area contributed by atoms with Gasteiger partial charge in [-0.25, -0.2) is 24.3 Å². The molecule has 6 rings (SSSR count). The largest absolute Gasteiger partial charge is 0.453 e. The summed E-state index contributed by atoms with van der Waals surface area (Å²) in [5, 5.41) is 2.73. The van der Waals surface area contributed by atoms with Crippen LogP contribution in [0.4, 0.5) is 38.0 Å². The van der Waals surface area contributed by atoms with E-state index in [0.29, 0.717) is 18.5 Å². The highest BCUT2D eigenvalue weighted by Crippen LogP contribution is 2.57. The number of nitrogens with two attached hydrogens (primary N) is 1. The average Bonchev–Trinajstić information content (AvgIpc) is 3.53. The number of hydrogen-bond donors (Lipinski definition) is 2. The number of nitrogen functional groups attached to an aromatic ring is 1. The van der Waals surface area contributed by atoms with Crippen LogP contribution >= 0.6 is 0 Å². The Morgan fingerprint density at radius 3 is 2.55 bits per heavy atom. The number of alkyl halides is 5. The third-order valence-electron chi connectivity index (χ3n) is 7.30. The van der Waals surface area contributed by atoms with Crippen molar-refractivity contribution in [1.29, 1.82) is 0 Å². The number of aromatic nitrogens is 6. The number of pyridine rings is 1. The molecular weight excluding hydrogens is 542 g/mol. The number of nitrogens with one attached hydrogen (secondary N) is 1. The third kappa shape index (κ3) is 3.85. The van der Waals surface area contributed by atoms with Crippen molar-refractivity contribution in [3.05, 3.63) is 59.2 Å². The molecular formula is C25H20F6N8O. The molecule has 1 aliphatic heterocycles. The van der Waals surface area contributed by atoms with Gasteiger partial charge in [-0.2, -0.15) is 22.0 Å². The van der Waals surface area contributed by atoms with Gasteiger partial charge in [0.2, 0.25) is 5.91 Å². The fourth-order valence-corrected chi connectivity index (χ4v) is 5.20. The van der Waals surface area contributed by atoms with Crippen molar-refractivity contribution in [2.75, 3.05) is 11.1 Å². The van der Waals surface area contributed by atoms with Crippen molar-refractivity contribution in [2.24, 2.45) is 5.92 Å². The van der Waals surface area contributed by atoms with E-state index in [1.807, 2.05) is 0 Å². The first-order valence-corrected chi connectivity index (χ1v) is 12.2. The zero-order valence-corrected chi connectivity index (χ0v) is 20.7. The van der Waals surface area contributed by atoms with E-state index in [1.165, 1.54) is 42.0 Å². The Balaban J connectivity index is 1.44. The van der Waals surface area contributed by atoms with Gasteiger partial charge < -0.3 is 15.5 Å². The summed E-state index contributed by atoms with van der Waals surface area (Å²) < 4.78 is 80.9. The SMILES string of the molecule is Cc1nc(C2(C3CC3)C(=O)Nc3nc(-c4cn5ccnc5c(CCC(F)(F)C(F)(F)F)n4)nc(N)c32)ccc1F. The highest BCUT2D eigenvalue weighted by atomic mass is 19.4. The molecule has 1 saturated carbocycles. The first-order chi connectivity index (χ1) is 18.8. The highest BCUT2D eigenvalue weighted by molar-refractivity contribution is 6.09. The predicted octanol–water partition coefficient (Wildman–Crippen LogP) is 4.39. The van der Waals surface area contributed by atoms with Crippen LogP contribution in [-0.4, -0.2) is 47.3 Å². The molecule has 208 valence electrons. The van der Waals surface area contributed by atoms with Gasteiger partial charge in [0, 0.05) is 25.0 Å². The number of halogens is 6. The maximum absolute atomic E-state index is 14.0. The Hall–Kier alpha value is -4.30. The minimum atomic E-state index is -5.71. The summed E-state index contributed by atoms with van der Waals surface area (Å²) in [5.41, 5.74) is 5.73. The van der Waals surface area contributed by atoms with Crippen LogP contribution < -0.4 is 11.1 Å². The second-order valence-corrected chi connectivity index (χ2v) is 9.89. The maximum atomic E-state index is 14.0. The van der Waals surface area contributed by atoms with Crippen molar-refractivity contribution in [2.45, 2.75) is 50.1 Å². The quantitative estimate of drug-likeness (QED) is 0.334. The normalized spacial score (nSPS) is 19.2. The fraction of sp³-hybridized carbons (Fsp3) is 0.360. The molecule has 1 aliphatic carbocycles. The third-order valence-corrected chi connectivity index (χ3v) is 7.30. The lowest BCUT2D eigenvalue weighted by atomic mass is 9.74. The van der Waals surface area contributed by atoms with Crippen LogP contribution in [0.25, 0.3) is 17.2 Å². The van der Waals surface area contributed by atoms with Gasteiger partial charge in [-0.15, -0.1) is 0 Å². The summed E-state index contributed by atoms with van der Waals surface area (Å²) in [6, 6.07) is 2.66. The van der Waals surface area contributed by atoms with Crippen molar-refractivity contribution in [3.8, 4) is 11.5 Å². The van der Waals surface area contributed by atoms with Gasteiger partial charge in [0.1, 0.15) is 28.6 Å². The Bertz CT molecular complexity index is 1680. The van der Waals surface area contributed by atoms with Crippen LogP contribution in [-0.2, 0) is 16.6 Å². The maximum Gasteiger partial charge on any atom is 0.453 e. The summed E-state index contributed by atoms with van der Waals surface area (Å²) in [6.45, 7) is 1.48.